The first-order valence-electron chi connectivity index (χ1n) is 7.76. The van der Waals surface area contributed by atoms with Crippen molar-refractivity contribution in [3.05, 3.63) is 78.1 Å². The maximum Gasteiger partial charge on any atom is 0.267 e. The number of nitriles is 1. The van der Waals surface area contributed by atoms with E-state index in [1.165, 1.54) is 6.20 Å². The second kappa shape index (κ2) is 7.28. The highest BCUT2D eigenvalue weighted by Crippen LogP contribution is 2.21. The van der Waals surface area contributed by atoms with Crippen molar-refractivity contribution >= 4 is 28.2 Å². The Morgan fingerprint density at radius 2 is 1.84 bits per heavy atom. The van der Waals surface area contributed by atoms with Crippen molar-refractivity contribution < 1.29 is 4.79 Å². The quantitative estimate of drug-likeness (QED) is 0.560. The number of pyridine rings is 1. The van der Waals surface area contributed by atoms with Crippen molar-refractivity contribution in [1.82, 2.24) is 4.98 Å². The Labute approximate surface area is 145 Å². The van der Waals surface area contributed by atoms with Crippen molar-refractivity contribution in [2.75, 3.05) is 10.6 Å². The molecule has 0 aliphatic heterocycles. The number of carbonyl (C=O) groups is 1. The molecule has 5 nitrogen and oxygen atoms in total. The minimum Gasteiger partial charge on any atom is -0.358 e. The smallest absolute Gasteiger partial charge is 0.267 e. The number of para-hydroxylation sites is 2. The Kier molecular flexibility index (Phi) is 4.72. The molecule has 0 spiro atoms. The first kappa shape index (κ1) is 16.2. The van der Waals surface area contributed by atoms with Gasteiger partial charge in [0.2, 0.25) is 0 Å². The average Bonchev–Trinajstić information content (AvgIpc) is 2.64. The minimum absolute atomic E-state index is 0.0174. The lowest BCUT2D eigenvalue weighted by Gasteiger charge is -2.08. The fourth-order valence-corrected chi connectivity index (χ4v) is 2.42. The molecular formula is C20H16N4O. The molecule has 0 unspecified atom stereocenters. The number of fused-ring (bicyclic) bond motifs is 1. The maximum atomic E-state index is 12.3. The summed E-state index contributed by atoms with van der Waals surface area (Å²) in [5, 5.41) is 16.0. The Morgan fingerprint density at radius 3 is 2.64 bits per heavy atom. The van der Waals surface area contributed by atoms with E-state index >= 15 is 0 Å². The van der Waals surface area contributed by atoms with Crippen molar-refractivity contribution in [1.29, 1.82) is 5.26 Å². The van der Waals surface area contributed by atoms with Gasteiger partial charge in [-0.25, -0.2) is 0 Å². The molecule has 1 aromatic heterocycles. The number of benzene rings is 2. The van der Waals surface area contributed by atoms with E-state index in [2.05, 4.69) is 15.6 Å². The molecule has 3 aromatic rings. The topological polar surface area (TPSA) is 77.8 Å². The van der Waals surface area contributed by atoms with Crippen LogP contribution in [0.1, 0.15) is 5.56 Å². The molecule has 122 valence electrons. The lowest BCUT2D eigenvalue weighted by molar-refractivity contribution is -0.112. The highest BCUT2D eigenvalue weighted by atomic mass is 16.1. The summed E-state index contributed by atoms with van der Waals surface area (Å²) < 4.78 is 0. The van der Waals surface area contributed by atoms with Gasteiger partial charge in [0.1, 0.15) is 11.6 Å². The number of nitrogens with one attached hydrogen (secondary N) is 2. The summed E-state index contributed by atoms with van der Waals surface area (Å²) in [7, 11) is 0. The van der Waals surface area contributed by atoms with Gasteiger partial charge in [0.05, 0.1) is 11.2 Å². The molecule has 0 radical (unpaired) electrons. The fraction of sp³-hybridized carbons (Fsp3) is 0.0500. The molecule has 0 saturated carbocycles. The van der Waals surface area contributed by atoms with Crippen LogP contribution in [0.3, 0.4) is 0 Å². The van der Waals surface area contributed by atoms with Gasteiger partial charge in [0, 0.05) is 23.5 Å². The van der Waals surface area contributed by atoms with Crippen LogP contribution in [0, 0.1) is 18.3 Å². The van der Waals surface area contributed by atoms with E-state index in [0.717, 1.165) is 22.2 Å². The number of aryl methyl sites for hydroxylation is 1. The summed E-state index contributed by atoms with van der Waals surface area (Å²) in [6, 6.07) is 18.8. The number of hydrogen-bond acceptors (Lipinski definition) is 4. The van der Waals surface area contributed by atoms with Crippen molar-refractivity contribution in [3.63, 3.8) is 0 Å². The molecule has 0 bridgehead atoms. The lowest BCUT2D eigenvalue weighted by atomic mass is 10.2. The molecule has 0 fully saturated rings. The molecule has 5 heteroatoms. The summed E-state index contributed by atoms with van der Waals surface area (Å²) in [5.41, 5.74) is 3.10. The number of nitrogens with zero attached hydrogens (tertiary/aromatic N) is 2. The standard InChI is InChI=1S/C20H16N4O/c1-14-6-2-3-9-17(14)24-20(25)16(12-21)13-23-18-10-4-7-15-8-5-11-22-19(15)18/h2-11,13,23H,1H3,(H,24,25)/b16-13-. The number of aromatic nitrogens is 1. The van der Waals surface area contributed by atoms with Gasteiger partial charge in [-0.3, -0.25) is 9.78 Å². The highest BCUT2D eigenvalue weighted by Gasteiger charge is 2.10. The maximum absolute atomic E-state index is 12.3. The van der Waals surface area contributed by atoms with Gasteiger partial charge in [-0.05, 0) is 30.7 Å². The third-order valence-corrected chi connectivity index (χ3v) is 3.76. The van der Waals surface area contributed by atoms with Gasteiger partial charge < -0.3 is 10.6 Å². The number of amides is 1. The molecule has 3 rings (SSSR count). The van der Waals surface area contributed by atoms with Crippen molar-refractivity contribution in [2.45, 2.75) is 6.92 Å². The largest absolute Gasteiger partial charge is 0.358 e. The summed E-state index contributed by atoms with van der Waals surface area (Å²) in [5.74, 6) is -0.461. The van der Waals surface area contributed by atoms with Gasteiger partial charge in [-0.15, -0.1) is 0 Å². The summed E-state index contributed by atoms with van der Waals surface area (Å²) in [4.78, 5) is 16.7. The van der Waals surface area contributed by atoms with E-state index in [0.29, 0.717) is 5.69 Å². The summed E-state index contributed by atoms with van der Waals surface area (Å²) >= 11 is 0. The molecule has 2 aromatic carbocycles. The Hall–Kier alpha value is -3.65. The molecule has 25 heavy (non-hydrogen) atoms. The van der Waals surface area contributed by atoms with Gasteiger partial charge in [0.15, 0.2) is 0 Å². The monoisotopic (exact) mass is 328 g/mol. The van der Waals surface area contributed by atoms with E-state index in [-0.39, 0.29) is 5.57 Å². The normalized spacial score (nSPS) is 11.0. The van der Waals surface area contributed by atoms with Crippen LogP contribution in [0.5, 0.6) is 0 Å². The third-order valence-electron chi connectivity index (χ3n) is 3.76. The zero-order chi connectivity index (χ0) is 17.6. The molecule has 0 atom stereocenters. The first-order valence-corrected chi connectivity index (χ1v) is 7.76. The van der Waals surface area contributed by atoms with Crippen molar-refractivity contribution in [3.8, 4) is 6.07 Å². The second-order valence-corrected chi connectivity index (χ2v) is 5.46. The number of hydrogen-bond donors (Lipinski definition) is 2. The SMILES string of the molecule is Cc1ccccc1NC(=O)/C(C#N)=C\Nc1cccc2cccnc12. The van der Waals surface area contributed by atoms with E-state index < -0.39 is 5.91 Å². The predicted molar refractivity (Wildman–Crippen MR) is 98.9 cm³/mol. The second-order valence-electron chi connectivity index (χ2n) is 5.46. The van der Waals surface area contributed by atoms with E-state index in [1.54, 1.807) is 12.3 Å². The molecule has 2 N–H and O–H groups in total. The van der Waals surface area contributed by atoms with E-state index in [4.69, 9.17) is 0 Å². The van der Waals surface area contributed by atoms with Gasteiger partial charge in [-0.2, -0.15) is 5.26 Å². The van der Waals surface area contributed by atoms with Crippen LogP contribution in [0.25, 0.3) is 10.9 Å². The number of rotatable bonds is 4. The first-order chi connectivity index (χ1) is 12.2. The molecule has 0 saturated heterocycles. The van der Waals surface area contributed by atoms with Crippen LogP contribution in [0.2, 0.25) is 0 Å². The van der Waals surface area contributed by atoms with Gasteiger partial charge >= 0.3 is 0 Å². The lowest BCUT2D eigenvalue weighted by Crippen LogP contribution is -2.15. The van der Waals surface area contributed by atoms with Crippen molar-refractivity contribution in [2.24, 2.45) is 0 Å². The van der Waals surface area contributed by atoms with E-state index in [1.807, 2.05) is 61.5 Å². The summed E-state index contributed by atoms with van der Waals surface area (Å²) in [6.07, 6.45) is 3.10. The Bertz CT molecular complexity index is 996. The number of anilines is 2. The molecular weight excluding hydrogens is 312 g/mol. The fourth-order valence-electron chi connectivity index (χ4n) is 2.42. The highest BCUT2D eigenvalue weighted by molar-refractivity contribution is 6.07. The predicted octanol–water partition coefficient (Wildman–Crippen LogP) is 4.00. The van der Waals surface area contributed by atoms with Crippen LogP contribution in [-0.4, -0.2) is 10.9 Å². The summed E-state index contributed by atoms with van der Waals surface area (Å²) in [6.45, 7) is 1.89. The zero-order valence-electron chi connectivity index (χ0n) is 13.7. The number of carbonyl (C=O) groups excluding carboxylic acids is 1. The minimum atomic E-state index is -0.461. The molecule has 1 amide bonds. The average molecular weight is 328 g/mol. The van der Waals surface area contributed by atoms with Crippen LogP contribution in [-0.2, 0) is 4.79 Å². The third kappa shape index (κ3) is 3.65. The van der Waals surface area contributed by atoms with E-state index in [9.17, 15) is 10.1 Å². The van der Waals surface area contributed by atoms with Crippen LogP contribution < -0.4 is 10.6 Å². The van der Waals surface area contributed by atoms with Gasteiger partial charge in [-0.1, -0.05) is 36.4 Å². The Morgan fingerprint density at radius 1 is 1.08 bits per heavy atom. The molecule has 0 aliphatic rings. The van der Waals surface area contributed by atoms with Crippen LogP contribution >= 0.6 is 0 Å². The van der Waals surface area contributed by atoms with Crippen LogP contribution in [0.4, 0.5) is 11.4 Å². The zero-order valence-corrected chi connectivity index (χ0v) is 13.7. The molecule has 1 heterocycles. The Balaban J connectivity index is 1.82. The van der Waals surface area contributed by atoms with Crippen LogP contribution in [0.15, 0.2) is 72.6 Å². The molecule has 0 aliphatic carbocycles. The van der Waals surface area contributed by atoms with Gasteiger partial charge in [0.25, 0.3) is 5.91 Å².